The van der Waals surface area contributed by atoms with E-state index in [1.54, 1.807) is 7.11 Å². The number of rotatable bonds is 5. The van der Waals surface area contributed by atoms with Crippen LogP contribution in [-0.2, 0) is 16.1 Å². The molecule has 2 heterocycles. The minimum absolute atomic E-state index is 0.503. The monoisotopic (exact) mass is 350 g/mol. The second kappa shape index (κ2) is 7.26. The van der Waals surface area contributed by atoms with Gasteiger partial charge in [0.1, 0.15) is 12.4 Å². The summed E-state index contributed by atoms with van der Waals surface area (Å²) in [6.45, 7) is 1.25. The van der Waals surface area contributed by atoms with Crippen LogP contribution in [0.2, 0.25) is 0 Å². The predicted molar refractivity (Wildman–Crippen MR) is 99.9 cm³/mol. The molecule has 2 aliphatic heterocycles. The van der Waals surface area contributed by atoms with E-state index < -0.39 is 5.79 Å². The van der Waals surface area contributed by atoms with Crippen LogP contribution in [0, 0.1) is 0 Å². The summed E-state index contributed by atoms with van der Waals surface area (Å²) in [6.07, 6.45) is 7.88. The highest BCUT2D eigenvalue weighted by atomic mass is 16.7. The van der Waals surface area contributed by atoms with Crippen molar-refractivity contribution in [3.63, 3.8) is 0 Å². The molecule has 0 amide bonds. The molecule has 1 atom stereocenters. The maximum atomic E-state index is 5.98. The van der Waals surface area contributed by atoms with Crippen molar-refractivity contribution in [3.05, 3.63) is 77.6 Å². The summed E-state index contributed by atoms with van der Waals surface area (Å²) in [6, 6.07) is 15.9. The lowest BCUT2D eigenvalue weighted by Crippen LogP contribution is -2.24. The third-order valence-electron chi connectivity index (χ3n) is 4.54. The van der Waals surface area contributed by atoms with E-state index >= 15 is 0 Å². The molecule has 1 fully saturated rings. The Morgan fingerprint density at radius 1 is 1.12 bits per heavy atom. The average molecular weight is 350 g/mol. The highest BCUT2D eigenvalue weighted by Crippen LogP contribution is 2.37. The van der Waals surface area contributed by atoms with E-state index in [4.69, 9.17) is 18.9 Å². The average Bonchev–Trinajstić information content (AvgIpc) is 3.31. The molecule has 4 rings (SSSR count). The molecule has 0 aromatic heterocycles. The second-order valence-electron chi connectivity index (χ2n) is 6.43. The first kappa shape index (κ1) is 16.7. The van der Waals surface area contributed by atoms with E-state index in [0.717, 1.165) is 42.1 Å². The maximum Gasteiger partial charge on any atom is 0.230 e. The Hall–Kier alpha value is -2.72. The lowest BCUT2D eigenvalue weighted by Gasteiger charge is -2.20. The van der Waals surface area contributed by atoms with E-state index in [2.05, 4.69) is 0 Å². The van der Waals surface area contributed by atoms with Crippen LogP contribution in [0.25, 0.3) is 6.08 Å². The van der Waals surface area contributed by atoms with Crippen molar-refractivity contribution in [3.8, 4) is 11.5 Å². The van der Waals surface area contributed by atoms with Gasteiger partial charge in [-0.1, -0.05) is 36.4 Å². The normalized spacial score (nSPS) is 22.7. The summed E-state index contributed by atoms with van der Waals surface area (Å²) in [7, 11) is 1.65. The molecule has 1 spiro atoms. The third-order valence-corrected chi connectivity index (χ3v) is 4.54. The van der Waals surface area contributed by atoms with Gasteiger partial charge in [-0.05, 0) is 47.9 Å². The molecule has 0 radical (unpaired) electrons. The molecule has 0 N–H and O–H groups in total. The van der Waals surface area contributed by atoms with Gasteiger partial charge in [0, 0.05) is 6.42 Å². The van der Waals surface area contributed by atoms with Crippen molar-refractivity contribution >= 4 is 6.08 Å². The zero-order valence-corrected chi connectivity index (χ0v) is 14.8. The van der Waals surface area contributed by atoms with Crippen molar-refractivity contribution in [2.24, 2.45) is 0 Å². The number of allylic oxidation sites excluding steroid dienone is 1. The maximum absolute atomic E-state index is 5.98. The minimum Gasteiger partial charge on any atom is -0.493 e. The van der Waals surface area contributed by atoms with Gasteiger partial charge in [-0.25, -0.2) is 0 Å². The molecule has 1 unspecified atom stereocenters. The van der Waals surface area contributed by atoms with Crippen LogP contribution in [0.4, 0.5) is 0 Å². The largest absolute Gasteiger partial charge is 0.493 e. The van der Waals surface area contributed by atoms with Gasteiger partial charge in [0.05, 0.1) is 13.7 Å². The Bertz CT molecular complexity index is 817. The second-order valence-corrected chi connectivity index (χ2v) is 6.43. The molecule has 2 aromatic rings. The number of ether oxygens (including phenoxy) is 4. The number of hydrogen-bond acceptors (Lipinski definition) is 4. The molecular formula is C22H22O4. The van der Waals surface area contributed by atoms with E-state index in [1.807, 2.05) is 66.8 Å². The Balaban J connectivity index is 1.47. The Labute approximate surface area is 153 Å². The van der Waals surface area contributed by atoms with E-state index in [9.17, 15) is 0 Å². The molecule has 2 aromatic carbocycles. The summed E-state index contributed by atoms with van der Waals surface area (Å²) in [4.78, 5) is 0. The van der Waals surface area contributed by atoms with Crippen LogP contribution in [-0.4, -0.2) is 19.5 Å². The van der Waals surface area contributed by atoms with Crippen LogP contribution < -0.4 is 9.47 Å². The SMILES string of the molecule is COc1cc(/C=C2\C=CC3(CCCO3)O2)ccc1OCc1ccccc1. The van der Waals surface area contributed by atoms with Crippen LogP contribution in [0.3, 0.4) is 0 Å². The van der Waals surface area contributed by atoms with Gasteiger partial charge in [0.2, 0.25) is 5.79 Å². The molecule has 1 saturated heterocycles. The molecule has 0 bridgehead atoms. The van der Waals surface area contributed by atoms with Crippen molar-refractivity contribution in [1.29, 1.82) is 0 Å². The van der Waals surface area contributed by atoms with Crippen LogP contribution in [0.5, 0.6) is 11.5 Å². The van der Waals surface area contributed by atoms with E-state index in [0.29, 0.717) is 12.4 Å². The van der Waals surface area contributed by atoms with Crippen LogP contribution in [0.1, 0.15) is 24.0 Å². The van der Waals surface area contributed by atoms with Crippen LogP contribution >= 0.6 is 0 Å². The van der Waals surface area contributed by atoms with Gasteiger partial charge in [-0.15, -0.1) is 0 Å². The van der Waals surface area contributed by atoms with Gasteiger partial charge < -0.3 is 18.9 Å². The quantitative estimate of drug-likeness (QED) is 0.783. The van der Waals surface area contributed by atoms with E-state index in [-0.39, 0.29) is 0 Å². The highest BCUT2D eigenvalue weighted by molar-refractivity contribution is 5.59. The summed E-state index contributed by atoms with van der Waals surface area (Å²) in [5.41, 5.74) is 2.11. The lowest BCUT2D eigenvalue weighted by molar-refractivity contribution is -0.135. The molecule has 2 aliphatic rings. The fourth-order valence-corrected chi connectivity index (χ4v) is 3.19. The number of hydrogen-bond donors (Lipinski definition) is 0. The summed E-state index contributed by atoms with van der Waals surface area (Å²) in [5.74, 6) is 1.67. The van der Waals surface area contributed by atoms with Gasteiger partial charge in [-0.2, -0.15) is 0 Å². The molecule has 4 heteroatoms. The zero-order chi connectivity index (χ0) is 17.8. The fourth-order valence-electron chi connectivity index (χ4n) is 3.19. The van der Waals surface area contributed by atoms with Gasteiger partial charge in [0.15, 0.2) is 11.5 Å². The summed E-state index contributed by atoms with van der Waals surface area (Å²) >= 11 is 0. The molecule has 134 valence electrons. The highest BCUT2D eigenvalue weighted by Gasteiger charge is 2.38. The van der Waals surface area contributed by atoms with Gasteiger partial charge in [0.25, 0.3) is 0 Å². The Kier molecular flexibility index (Phi) is 4.67. The number of benzene rings is 2. The van der Waals surface area contributed by atoms with Crippen molar-refractivity contribution < 1.29 is 18.9 Å². The zero-order valence-electron chi connectivity index (χ0n) is 14.8. The first-order chi connectivity index (χ1) is 12.8. The van der Waals surface area contributed by atoms with Crippen molar-refractivity contribution in [2.45, 2.75) is 25.2 Å². The molecule has 4 nitrogen and oxygen atoms in total. The smallest absolute Gasteiger partial charge is 0.230 e. The van der Waals surface area contributed by atoms with Gasteiger partial charge >= 0.3 is 0 Å². The minimum atomic E-state index is -0.547. The summed E-state index contributed by atoms with van der Waals surface area (Å²) < 4.78 is 23.1. The molecule has 26 heavy (non-hydrogen) atoms. The van der Waals surface area contributed by atoms with Crippen molar-refractivity contribution in [2.75, 3.05) is 13.7 Å². The Morgan fingerprint density at radius 2 is 2.00 bits per heavy atom. The predicted octanol–water partition coefficient (Wildman–Crippen LogP) is 4.71. The van der Waals surface area contributed by atoms with E-state index in [1.165, 1.54) is 0 Å². The third kappa shape index (κ3) is 3.60. The first-order valence-electron chi connectivity index (χ1n) is 8.85. The van der Waals surface area contributed by atoms with Gasteiger partial charge in [-0.3, -0.25) is 0 Å². The first-order valence-corrected chi connectivity index (χ1v) is 8.85. The number of methoxy groups -OCH3 is 1. The summed E-state index contributed by atoms with van der Waals surface area (Å²) in [5, 5.41) is 0. The standard InChI is InChI=1S/C22H22O4/c1-23-21-15-18(14-19-10-12-22(26-19)11-5-13-25-22)8-9-20(21)24-16-17-6-3-2-4-7-17/h2-4,6-10,12,14-15H,5,11,13,16H2,1H3/b19-14+. The lowest BCUT2D eigenvalue weighted by atomic mass is 10.1. The van der Waals surface area contributed by atoms with Crippen molar-refractivity contribution in [1.82, 2.24) is 0 Å². The topological polar surface area (TPSA) is 36.9 Å². The molecular weight excluding hydrogens is 328 g/mol. The molecule has 0 aliphatic carbocycles. The fraction of sp³-hybridized carbons (Fsp3) is 0.273. The molecule has 0 saturated carbocycles. The van der Waals surface area contributed by atoms with Crippen LogP contribution in [0.15, 0.2) is 66.4 Å². The Morgan fingerprint density at radius 3 is 2.77 bits per heavy atom.